The van der Waals surface area contributed by atoms with Crippen molar-refractivity contribution in [3.8, 4) is 0 Å². The summed E-state index contributed by atoms with van der Waals surface area (Å²) in [6.07, 6.45) is 4.51. The SMILES string of the molecule is CCCCc1nc2ccc(Br)cc2c(=O)n1N=Cc1c(C)cc(C)cc1C. The number of aryl methyl sites for hydroxylation is 4. The number of aromatic nitrogens is 2. The lowest BCUT2D eigenvalue weighted by Crippen LogP contribution is -2.22. The van der Waals surface area contributed by atoms with E-state index in [9.17, 15) is 4.79 Å². The number of halogens is 1. The molecule has 3 rings (SSSR count). The van der Waals surface area contributed by atoms with E-state index in [1.807, 2.05) is 18.2 Å². The Morgan fingerprint density at radius 3 is 2.52 bits per heavy atom. The molecule has 0 fully saturated rings. The average molecular weight is 426 g/mol. The predicted octanol–water partition coefficient (Wildman–Crippen LogP) is 5.31. The van der Waals surface area contributed by atoms with Crippen LogP contribution in [0.25, 0.3) is 10.9 Å². The molecule has 1 aromatic heterocycles. The summed E-state index contributed by atoms with van der Waals surface area (Å²) < 4.78 is 2.32. The molecule has 4 nitrogen and oxygen atoms in total. The molecular formula is C22H24BrN3O. The molecule has 5 heteroatoms. The molecule has 0 saturated carbocycles. The fourth-order valence-electron chi connectivity index (χ4n) is 3.32. The smallest absolute Gasteiger partial charge is 0.267 e. The van der Waals surface area contributed by atoms with Gasteiger partial charge in [-0.3, -0.25) is 4.79 Å². The quantitative estimate of drug-likeness (QED) is 0.519. The molecule has 0 atom stereocenters. The van der Waals surface area contributed by atoms with Gasteiger partial charge >= 0.3 is 0 Å². The second-order valence-corrected chi connectivity index (χ2v) is 7.88. The monoisotopic (exact) mass is 425 g/mol. The molecule has 0 aliphatic carbocycles. The fourth-order valence-corrected chi connectivity index (χ4v) is 3.68. The highest BCUT2D eigenvalue weighted by Crippen LogP contribution is 2.17. The first kappa shape index (κ1) is 19.5. The van der Waals surface area contributed by atoms with E-state index in [-0.39, 0.29) is 5.56 Å². The molecule has 2 aromatic carbocycles. The summed E-state index contributed by atoms with van der Waals surface area (Å²) in [6, 6.07) is 9.85. The Balaban J connectivity index is 2.17. The van der Waals surface area contributed by atoms with Crippen LogP contribution in [0.15, 0.2) is 44.7 Å². The van der Waals surface area contributed by atoms with Gasteiger partial charge in [0, 0.05) is 16.5 Å². The number of fused-ring (bicyclic) bond motifs is 1. The van der Waals surface area contributed by atoms with Crippen molar-refractivity contribution in [1.82, 2.24) is 9.66 Å². The van der Waals surface area contributed by atoms with Crippen LogP contribution < -0.4 is 5.56 Å². The van der Waals surface area contributed by atoms with Gasteiger partial charge in [0.25, 0.3) is 5.56 Å². The molecule has 0 spiro atoms. The lowest BCUT2D eigenvalue weighted by atomic mass is 10.0. The Labute approximate surface area is 168 Å². The number of nitrogens with zero attached hydrogens (tertiary/aromatic N) is 3. The number of rotatable bonds is 5. The van der Waals surface area contributed by atoms with Crippen LogP contribution >= 0.6 is 15.9 Å². The van der Waals surface area contributed by atoms with Crippen molar-refractivity contribution in [2.24, 2.45) is 5.10 Å². The minimum Gasteiger partial charge on any atom is -0.267 e. The molecule has 140 valence electrons. The van der Waals surface area contributed by atoms with Crippen molar-refractivity contribution in [3.63, 3.8) is 0 Å². The predicted molar refractivity (Wildman–Crippen MR) is 116 cm³/mol. The van der Waals surface area contributed by atoms with E-state index >= 15 is 0 Å². The van der Waals surface area contributed by atoms with Gasteiger partial charge in [-0.2, -0.15) is 9.78 Å². The summed E-state index contributed by atoms with van der Waals surface area (Å²) in [6.45, 7) is 8.35. The normalized spacial score (nSPS) is 11.6. The van der Waals surface area contributed by atoms with E-state index in [1.54, 1.807) is 6.21 Å². The van der Waals surface area contributed by atoms with Crippen molar-refractivity contribution in [2.75, 3.05) is 0 Å². The number of hydrogen-bond donors (Lipinski definition) is 0. The standard InChI is InChI=1S/C22H24BrN3O/c1-5-6-7-21-25-20-9-8-17(23)12-18(20)22(27)26(21)24-13-19-15(3)10-14(2)11-16(19)4/h8-13H,5-7H2,1-4H3. The largest absolute Gasteiger partial charge is 0.282 e. The van der Waals surface area contributed by atoms with Gasteiger partial charge in [-0.15, -0.1) is 0 Å². The zero-order valence-corrected chi connectivity index (χ0v) is 17.8. The van der Waals surface area contributed by atoms with Crippen molar-refractivity contribution in [1.29, 1.82) is 0 Å². The minimum absolute atomic E-state index is 0.133. The zero-order valence-electron chi connectivity index (χ0n) is 16.2. The van der Waals surface area contributed by atoms with Crippen LogP contribution in [0.2, 0.25) is 0 Å². The lowest BCUT2D eigenvalue weighted by Gasteiger charge is -2.10. The topological polar surface area (TPSA) is 47.2 Å². The highest BCUT2D eigenvalue weighted by Gasteiger charge is 2.11. The van der Waals surface area contributed by atoms with E-state index < -0.39 is 0 Å². The van der Waals surface area contributed by atoms with Gasteiger partial charge < -0.3 is 0 Å². The van der Waals surface area contributed by atoms with E-state index in [4.69, 9.17) is 4.98 Å². The summed E-state index contributed by atoms with van der Waals surface area (Å²) in [5.74, 6) is 0.704. The minimum atomic E-state index is -0.133. The Bertz CT molecular complexity index is 1060. The Kier molecular flexibility index (Phi) is 5.90. The van der Waals surface area contributed by atoms with Gasteiger partial charge in [-0.25, -0.2) is 4.98 Å². The van der Waals surface area contributed by atoms with Gasteiger partial charge in [-0.1, -0.05) is 47.0 Å². The number of hydrogen-bond acceptors (Lipinski definition) is 3. The molecule has 0 bridgehead atoms. The molecule has 0 amide bonds. The van der Waals surface area contributed by atoms with Crippen molar-refractivity contribution < 1.29 is 0 Å². The van der Waals surface area contributed by atoms with E-state index in [1.165, 1.54) is 10.2 Å². The highest BCUT2D eigenvalue weighted by molar-refractivity contribution is 9.10. The van der Waals surface area contributed by atoms with Gasteiger partial charge in [0.2, 0.25) is 0 Å². The summed E-state index contributed by atoms with van der Waals surface area (Å²) in [5, 5.41) is 5.13. The van der Waals surface area contributed by atoms with Crippen LogP contribution in [0.5, 0.6) is 0 Å². The first-order valence-electron chi connectivity index (χ1n) is 9.24. The summed E-state index contributed by atoms with van der Waals surface area (Å²) in [7, 11) is 0. The number of unbranched alkanes of at least 4 members (excludes halogenated alkanes) is 1. The van der Waals surface area contributed by atoms with Gasteiger partial charge in [-0.05, 0) is 56.5 Å². The maximum Gasteiger partial charge on any atom is 0.282 e. The maximum absolute atomic E-state index is 13.1. The van der Waals surface area contributed by atoms with E-state index in [0.717, 1.165) is 40.4 Å². The molecule has 0 unspecified atom stereocenters. The molecule has 1 heterocycles. The van der Waals surface area contributed by atoms with Crippen LogP contribution in [0.4, 0.5) is 0 Å². The second kappa shape index (κ2) is 8.17. The van der Waals surface area contributed by atoms with Crippen molar-refractivity contribution >= 4 is 33.0 Å². The van der Waals surface area contributed by atoms with Gasteiger partial charge in [0.15, 0.2) is 0 Å². The molecule has 0 aliphatic heterocycles. The molecule has 0 N–H and O–H groups in total. The number of benzene rings is 2. The fraction of sp³-hybridized carbons (Fsp3) is 0.318. The molecule has 0 saturated heterocycles. The maximum atomic E-state index is 13.1. The lowest BCUT2D eigenvalue weighted by molar-refractivity contribution is 0.675. The third-order valence-electron chi connectivity index (χ3n) is 4.67. The Morgan fingerprint density at radius 1 is 1.15 bits per heavy atom. The molecular weight excluding hydrogens is 402 g/mol. The van der Waals surface area contributed by atoms with Crippen LogP contribution in [-0.2, 0) is 6.42 Å². The Hall–Kier alpha value is -2.27. The zero-order chi connectivity index (χ0) is 19.6. The first-order valence-corrected chi connectivity index (χ1v) is 10.0. The third-order valence-corrected chi connectivity index (χ3v) is 5.16. The first-order chi connectivity index (χ1) is 12.9. The van der Waals surface area contributed by atoms with Crippen LogP contribution in [0.1, 0.15) is 47.8 Å². The van der Waals surface area contributed by atoms with E-state index in [0.29, 0.717) is 16.7 Å². The van der Waals surface area contributed by atoms with Crippen LogP contribution in [-0.4, -0.2) is 15.9 Å². The summed E-state index contributed by atoms with van der Waals surface area (Å²) >= 11 is 3.44. The van der Waals surface area contributed by atoms with Crippen LogP contribution in [0.3, 0.4) is 0 Å². The van der Waals surface area contributed by atoms with E-state index in [2.05, 4.69) is 60.9 Å². The Morgan fingerprint density at radius 2 is 1.85 bits per heavy atom. The molecule has 27 heavy (non-hydrogen) atoms. The molecule has 0 aliphatic rings. The third kappa shape index (κ3) is 4.19. The van der Waals surface area contributed by atoms with Crippen molar-refractivity contribution in [2.45, 2.75) is 47.0 Å². The van der Waals surface area contributed by atoms with Crippen LogP contribution in [0, 0.1) is 20.8 Å². The highest BCUT2D eigenvalue weighted by atomic mass is 79.9. The molecule has 0 radical (unpaired) electrons. The van der Waals surface area contributed by atoms with Gasteiger partial charge in [0.05, 0.1) is 17.1 Å². The second-order valence-electron chi connectivity index (χ2n) is 6.97. The van der Waals surface area contributed by atoms with Gasteiger partial charge in [0.1, 0.15) is 5.82 Å². The molecule has 3 aromatic rings. The summed E-state index contributed by atoms with van der Waals surface area (Å²) in [5.41, 5.74) is 5.14. The van der Waals surface area contributed by atoms with Crippen molar-refractivity contribution in [3.05, 3.63) is 73.2 Å². The average Bonchev–Trinajstić information content (AvgIpc) is 2.61. The summed E-state index contributed by atoms with van der Waals surface area (Å²) in [4.78, 5) is 17.8.